The molecule has 0 bridgehead atoms. The number of amides is 1. The highest BCUT2D eigenvalue weighted by molar-refractivity contribution is 5.84. The fraction of sp³-hybridized carbons (Fsp3) is 0.231. The third kappa shape index (κ3) is 5.71. The minimum atomic E-state index is -0.279. The molecule has 0 saturated heterocycles. The molecule has 0 heterocycles. The van der Waals surface area contributed by atoms with Crippen LogP contribution in [0.4, 0.5) is 0 Å². The van der Waals surface area contributed by atoms with Crippen molar-refractivity contribution in [3.8, 4) is 28.7 Å². The first-order chi connectivity index (χ1) is 14.6. The van der Waals surface area contributed by atoms with Gasteiger partial charge in [0.25, 0.3) is 0 Å². The SMILES string of the molecule is CC(C)CC(C(=O)NCC#N)c1cccc(-c2ccc(Oc3ccccc3)cc2)c1. The van der Waals surface area contributed by atoms with Gasteiger partial charge in [0, 0.05) is 0 Å². The molecule has 1 atom stereocenters. The van der Waals surface area contributed by atoms with Gasteiger partial charge in [-0.15, -0.1) is 0 Å². The molecule has 0 spiro atoms. The lowest BCUT2D eigenvalue weighted by Gasteiger charge is -2.19. The van der Waals surface area contributed by atoms with E-state index in [9.17, 15) is 4.79 Å². The molecule has 0 aliphatic rings. The van der Waals surface area contributed by atoms with Crippen molar-refractivity contribution in [2.24, 2.45) is 5.92 Å². The van der Waals surface area contributed by atoms with Gasteiger partial charge >= 0.3 is 0 Å². The lowest BCUT2D eigenvalue weighted by molar-refractivity contribution is -0.122. The fourth-order valence-electron chi connectivity index (χ4n) is 3.39. The Hall–Kier alpha value is -3.58. The number of nitrogens with zero attached hydrogens (tertiary/aromatic N) is 1. The summed E-state index contributed by atoms with van der Waals surface area (Å²) < 4.78 is 5.86. The minimum absolute atomic E-state index is 0.0238. The summed E-state index contributed by atoms with van der Waals surface area (Å²) >= 11 is 0. The number of nitrogens with one attached hydrogen (secondary N) is 1. The number of carbonyl (C=O) groups is 1. The molecule has 4 nitrogen and oxygen atoms in total. The van der Waals surface area contributed by atoms with E-state index in [0.717, 1.165) is 34.6 Å². The van der Waals surface area contributed by atoms with Crippen LogP contribution in [0.2, 0.25) is 0 Å². The smallest absolute Gasteiger partial charge is 0.228 e. The van der Waals surface area contributed by atoms with Crippen LogP contribution < -0.4 is 10.1 Å². The zero-order valence-corrected chi connectivity index (χ0v) is 17.3. The Balaban J connectivity index is 1.81. The summed E-state index contributed by atoms with van der Waals surface area (Å²) in [7, 11) is 0. The molecule has 30 heavy (non-hydrogen) atoms. The molecule has 0 fully saturated rings. The minimum Gasteiger partial charge on any atom is -0.457 e. The van der Waals surface area contributed by atoms with Gasteiger partial charge in [0.15, 0.2) is 0 Å². The zero-order valence-electron chi connectivity index (χ0n) is 17.3. The Labute approximate surface area is 178 Å². The number of benzene rings is 3. The average Bonchev–Trinajstić information content (AvgIpc) is 2.77. The van der Waals surface area contributed by atoms with Crippen molar-refractivity contribution >= 4 is 5.91 Å². The third-order valence-corrected chi connectivity index (χ3v) is 4.82. The van der Waals surface area contributed by atoms with Crippen LogP contribution in [0.5, 0.6) is 11.5 Å². The molecule has 1 unspecified atom stereocenters. The predicted molar refractivity (Wildman–Crippen MR) is 119 cm³/mol. The second kappa shape index (κ2) is 10.3. The fourth-order valence-corrected chi connectivity index (χ4v) is 3.39. The van der Waals surface area contributed by atoms with Crippen LogP contribution in [0.3, 0.4) is 0 Å². The maximum atomic E-state index is 12.6. The van der Waals surface area contributed by atoms with Crippen LogP contribution in [-0.4, -0.2) is 12.5 Å². The number of hydrogen-bond acceptors (Lipinski definition) is 3. The Bertz CT molecular complexity index is 1010. The number of carbonyl (C=O) groups excluding carboxylic acids is 1. The molecule has 0 aliphatic carbocycles. The second-order valence-electron chi connectivity index (χ2n) is 7.62. The van der Waals surface area contributed by atoms with E-state index in [2.05, 4.69) is 25.2 Å². The normalized spacial score (nSPS) is 11.5. The van der Waals surface area contributed by atoms with Gasteiger partial charge in [-0.2, -0.15) is 5.26 Å². The van der Waals surface area contributed by atoms with Crippen molar-refractivity contribution in [2.45, 2.75) is 26.2 Å². The number of rotatable bonds is 8. The summed E-state index contributed by atoms with van der Waals surface area (Å²) in [4.78, 5) is 12.6. The number of hydrogen-bond donors (Lipinski definition) is 1. The highest BCUT2D eigenvalue weighted by atomic mass is 16.5. The molecule has 3 aromatic rings. The van der Waals surface area contributed by atoms with Crippen molar-refractivity contribution < 1.29 is 9.53 Å². The van der Waals surface area contributed by atoms with Crippen LogP contribution in [0.25, 0.3) is 11.1 Å². The van der Waals surface area contributed by atoms with Crippen molar-refractivity contribution in [2.75, 3.05) is 6.54 Å². The first kappa shape index (κ1) is 21.1. The molecule has 1 N–H and O–H groups in total. The third-order valence-electron chi connectivity index (χ3n) is 4.82. The largest absolute Gasteiger partial charge is 0.457 e. The average molecular weight is 399 g/mol. The summed E-state index contributed by atoms with van der Waals surface area (Å²) in [5.74, 6) is 1.55. The zero-order chi connectivity index (χ0) is 21.3. The van der Waals surface area contributed by atoms with E-state index in [4.69, 9.17) is 10.00 Å². The molecule has 3 rings (SSSR count). The van der Waals surface area contributed by atoms with Crippen molar-refractivity contribution in [1.82, 2.24) is 5.32 Å². The van der Waals surface area contributed by atoms with Crippen LogP contribution in [0, 0.1) is 17.2 Å². The highest BCUT2D eigenvalue weighted by Crippen LogP contribution is 2.30. The first-order valence-corrected chi connectivity index (χ1v) is 10.1. The van der Waals surface area contributed by atoms with Gasteiger partial charge in [-0.05, 0) is 53.3 Å². The summed E-state index contributed by atoms with van der Waals surface area (Å²) in [5.41, 5.74) is 3.06. The maximum Gasteiger partial charge on any atom is 0.228 e. The van der Waals surface area contributed by atoms with Gasteiger partial charge in [-0.3, -0.25) is 4.79 Å². The lowest BCUT2D eigenvalue weighted by atomic mass is 9.88. The standard InChI is InChI=1S/C26H26N2O2/c1-19(2)17-25(26(29)28-16-15-27)22-8-6-7-21(18-22)20-11-13-24(14-12-20)30-23-9-4-3-5-10-23/h3-14,18-19,25H,16-17H2,1-2H3,(H,28,29). The molecular formula is C26H26N2O2. The lowest BCUT2D eigenvalue weighted by Crippen LogP contribution is -2.30. The predicted octanol–water partition coefficient (Wildman–Crippen LogP) is 5.92. The van der Waals surface area contributed by atoms with Crippen molar-refractivity contribution in [3.63, 3.8) is 0 Å². The Morgan fingerprint density at radius 2 is 1.63 bits per heavy atom. The van der Waals surface area contributed by atoms with Gasteiger partial charge in [-0.1, -0.05) is 68.4 Å². The summed E-state index contributed by atoms with van der Waals surface area (Å²) in [6.45, 7) is 4.22. The van der Waals surface area contributed by atoms with Crippen LogP contribution in [-0.2, 0) is 4.79 Å². The van der Waals surface area contributed by atoms with Gasteiger partial charge in [0.2, 0.25) is 5.91 Å². The molecule has 152 valence electrons. The Morgan fingerprint density at radius 1 is 0.933 bits per heavy atom. The van der Waals surface area contributed by atoms with Crippen LogP contribution in [0.1, 0.15) is 31.7 Å². The van der Waals surface area contributed by atoms with Gasteiger partial charge < -0.3 is 10.1 Å². The molecule has 1 amide bonds. The van der Waals surface area contributed by atoms with Crippen LogP contribution >= 0.6 is 0 Å². The quantitative estimate of drug-likeness (QED) is 0.479. The molecule has 0 aliphatic heterocycles. The number of ether oxygens (including phenoxy) is 1. The molecular weight excluding hydrogens is 372 g/mol. The topological polar surface area (TPSA) is 62.1 Å². The Kier molecular flexibility index (Phi) is 7.24. The van der Waals surface area contributed by atoms with E-state index in [1.54, 1.807) is 0 Å². The van der Waals surface area contributed by atoms with E-state index >= 15 is 0 Å². The van der Waals surface area contributed by atoms with Gasteiger partial charge in [0.05, 0.1) is 12.0 Å². The van der Waals surface area contributed by atoms with Crippen molar-refractivity contribution in [3.05, 3.63) is 84.4 Å². The van der Waals surface area contributed by atoms with E-state index in [-0.39, 0.29) is 18.4 Å². The monoisotopic (exact) mass is 398 g/mol. The molecule has 4 heteroatoms. The molecule has 0 radical (unpaired) electrons. The van der Waals surface area contributed by atoms with E-state index in [1.807, 2.05) is 78.9 Å². The molecule has 0 saturated carbocycles. The van der Waals surface area contributed by atoms with E-state index in [0.29, 0.717) is 5.92 Å². The highest BCUT2D eigenvalue weighted by Gasteiger charge is 2.22. The number of nitriles is 1. The number of para-hydroxylation sites is 1. The summed E-state index contributed by atoms with van der Waals surface area (Å²) in [5, 5.41) is 11.5. The maximum absolute atomic E-state index is 12.6. The molecule has 3 aromatic carbocycles. The summed E-state index contributed by atoms with van der Waals surface area (Å²) in [6, 6.07) is 27.6. The molecule has 0 aromatic heterocycles. The Morgan fingerprint density at radius 3 is 2.30 bits per heavy atom. The van der Waals surface area contributed by atoms with Crippen molar-refractivity contribution in [1.29, 1.82) is 5.26 Å². The summed E-state index contributed by atoms with van der Waals surface area (Å²) in [6.07, 6.45) is 0.727. The van der Waals surface area contributed by atoms with Crippen LogP contribution in [0.15, 0.2) is 78.9 Å². The van der Waals surface area contributed by atoms with E-state index < -0.39 is 0 Å². The first-order valence-electron chi connectivity index (χ1n) is 10.1. The second-order valence-corrected chi connectivity index (χ2v) is 7.62. The van der Waals surface area contributed by atoms with Gasteiger partial charge in [-0.25, -0.2) is 0 Å². The van der Waals surface area contributed by atoms with E-state index in [1.165, 1.54) is 0 Å². The van der Waals surface area contributed by atoms with Gasteiger partial charge in [0.1, 0.15) is 18.0 Å².